The Balaban J connectivity index is 2.15. The molecule has 0 saturated heterocycles. The summed E-state index contributed by atoms with van der Waals surface area (Å²) in [5, 5.41) is -0.581. The van der Waals surface area contributed by atoms with Crippen molar-refractivity contribution >= 4 is 15.9 Å². The number of hydrogen-bond donors (Lipinski definition) is 1. The largest absolute Gasteiger partial charge is 0.439 e. The van der Waals surface area contributed by atoms with Gasteiger partial charge in [0.15, 0.2) is 11.5 Å². The number of ketones is 1. The number of carbonyl (C=O) groups excluding carboxylic acids is 1. The Hall–Kier alpha value is -1.14. The van der Waals surface area contributed by atoms with Crippen molar-refractivity contribution in [2.45, 2.75) is 76.2 Å². The van der Waals surface area contributed by atoms with Crippen LogP contribution >= 0.6 is 0 Å². The number of rotatable bonds is 12. The zero-order valence-electron chi connectivity index (χ0n) is 13.2. The molecule has 126 valence electrons. The predicted molar refractivity (Wildman–Crippen MR) is 84.7 cm³/mol. The van der Waals surface area contributed by atoms with E-state index in [9.17, 15) is 13.2 Å². The van der Waals surface area contributed by atoms with Crippen LogP contribution in [0.15, 0.2) is 21.6 Å². The molecule has 0 aliphatic rings. The predicted octanol–water partition coefficient (Wildman–Crippen LogP) is 4.63. The van der Waals surface area contributed by atoms with Gasteiger partial charge in [-0.25, -0.2) is 0 Å². The van der Waals surface area contributed by atoms with Gasteiger partial charge in [-0.15, -0.1) is 0 Å². The summed E-state index contributed by atoms with van der Waals surface area (Å²) in [6, 6.07) is 2.39. The van der Waals surface area contributed by atoms with Gasteiger partial charge in [-0.05, 0) is 18.6 Å². The lowest BCUT2D eigenvalue weighted by atomic mass is 10.1. The number of hydrogen-bond acceptors (Lipinski definition) is 4. The van der Waals surface area contributed by atoms with Gasteiger partial charge in [-0.1, -0.05) is 58.3 Å². The van der Waals surface area contributed by atoms with Crippen LogP contribution in [0.5, 0.6) is 0 Å². The fourth-order valence-corrected chi connectivity index (χ4v) is 2.76. The van der Waals surface area contributed by atoms with Gasteiger partial charge in [-0.2, -0.15) is 8.42 Å². The molecule has 1 rings (SSSR count). The third-order valence-electron chi connectivity index (χ3n) is 3.62. The van der Waals surface area contributed by atoms with Gasteiger partial charge in [0.05, 0.1) is 0 Å². The van der Waals surface area contributed by atoms with E-state index in [4.69, 9.17) is 8.97 Å². The molecule has 22 heavy (non-hydrogen) atoms. The van der Waals surface area contributed by atoms with Crippen LogP contribution in [0.25, 0.3) is 0 Å². The van der Waals surface area contributed by atoms with Crippen LogP contribution in [0.2, 0.25) is 0 Å². The van der Waals surface area contributed by atoms with E-state index >= 15 is 0 Å². The maximum Gasteiger partial charge on any atom is 0.328 e. The lowest BCUT2D eigenvalue weighted by molar-refractivity contribution is 0.0946. The molecule has 1 aromatic heterocycles. The van der Waals surface area contributed by atoms with Crippen molar-refractivity contribution in [2.75, 3.05) is 0 Å². The van der Waals surface area contributed by atoms with E-state index in [-0.39, 0.29) is 11.5 Å². The van der Waals surface area contributed by atoms with Crippen LogP contribution in [0, 0.1) is 0 Å². The molecule has 0 unspecified atom stereocenters. The van der Waals surface area contributed by atoms with Crippen LogP contribution in [0.1, 0.15) is 81.7 Å². The first-order valence-corrected chi connectivity index (χ1v) is 9.49. The summed E-state index contributed by atoms with van der Waals surface area (Å²) in [5.74, 6) is -0.231. The van der Waals surface area contributed by atoms with E-state index in [1.807, 2.05) is 0 Å². The average Bonchev–Trinajstić information content (AvgIpc) is 2.95. The summed E-state index contributed by atoms with van der Waals surface area (Å²) >= 11 is 0. The average molecular weight is 330 g/mol. The van der Waals surface area contributed by atoms with Crippen molar-refractivity contribution < 1.29 is 22.2 Å². The van der Waals surface area contributed by atoms with E-state index in [2.05, 4.69) is 6.92 Å². The summed E-state index contributed by atoms with van der Waals surface area (Å²) in [6.45, 7) is 2.20. The van der Waals surface area contributed by atoms with Gasteiger partial charge in [0.25, 0.3) is 0 Å². The molecule has 0 amide bonds. The van der Waals surface area contributed by atoms with Gasteiger partial charge in [0, 0.05) is 6.42 Å². The molecule has 1 aromatic rings. The number of Topliss-reactive ketones (excluding diaryl/α,β-unsaturated/α-hetero) is 1. The second-order valence-corrected chi connectivity index (χ2v) is 6.95. The van der Waals surface area contributed by atoms with Crippen molar-refractivity contribution in [1.29, 1.82) is 0 Å². The summed E-state index contributed by atoms with van der Waals surface area (Å²) in [6.07, 6.45) is 10.8. The quantitative estimate of drug-likeness (QED) is 0.343. The van der Waals surface area contributed by atoms with Crippen LogP contribution in [-0.4, -0.2) is 18.8 Å². The van der Waals surface area contributed by atoms with Crippen LogP contribution in [0.4, 0.5) is 0 Å². The lowest BCUT2D eigenvalue weighted by Crippen LogP contribution is -1.98. The van der Waals surface area contributed by atoms with E-state index in [0.717, 1.165) is 25.3 Å². The summed E-state index contributed by atoms with van der Waals surface area (Å²) < 4.78 is 35.3. The van der Waals surface area contributed by atoms with Crippen molar-refractivity contribution in [3.05, 3.63) is 17.9 Å². The van der Waals surface area contributed by atoms with Crippen LogP contribution in [0.3, 0.4) is 0 Å². The minimum atomic E-state index is -4.38. The van der Waals surface area contributed by atoms with E-state index in [1.165, 1.54) is 44.6 Å². The first-order valence-electron chi connectivity index (χ1n) is 8.05. The lowest BCUT2D eigenvalue weighted by Gasteiger charge is -2.01. The summed E-state index contributed by atoms with van der Waals surface area (Å²) in [4.78, 5) is 11.8. The minimum absolute atomic E-state index is 0.00723. The standard InChI is InChI=1S/C16H26O5S/c1-2-3-4-5-6-7-8-9-10-11-14(17)15-12-13-16(21-15)22(18,19)20/h12-13H,2-11H2,1H3,(H,18,19,20). The summed E-state index contributed by atoms with van der Waals surface area (Å²) in [5.41, 5.74) is 0. The van der Waals surface area contributed by atoms with E-state index < -0.39 is 15.2 Å². The zero-order valence-corrected chi connectivity index (χ0v) is 14.0. The van der Waals surface area contributed by atoms with E-state index in [1.54, 1.807) is 0 Å². The second-order valence-electron chi connectivity index (χ2n) is 5.60. The Morgan fingerprint density at radius 2 is 1.55 bits per heavy atom. The molecule has 0 fully saturated rings. The number of carbonyl (C=O) groups is 1. The minimum Gasteiger partial charge on any atom is -0.439 e. The molecule has 6 heteroatoms. The Morgan fingerprint density at radius 3 is 2.05 bits per heavy atom. The molecule has 1 N–H and O–H groups in total. The highest BCUT2D eigenvalue weighted by Crippen LogP contribution is 2.17. The van der Waals surface area contributed by atoms with Crippen LogP contribution < -0.4 is 0 Å². The highest BCUT2D eigenvalue weighted by molar-refractivity contribution is 7.85. The molecule has 0 aliphatic carbocycles. The normalized spacial score (nSPS) is 11.7. The Labute approximate surface area is 132 Å². The fourth-order valence-electron chi connectivity index (χ4n) is 2.33. The van der Waals surface area contributed by atoms with Crippen LogP contribution in [-0.2, 0) is 10.1 Å². The molecule has 5 nitrogen and oxygen atoms in total. The Bertz CT molecular complexity index is 545. The molecule has 0 spiro atoms. The molecule has 0 aromatic carbocycles. The Morgan fingerprint density at radius 1 is 1.00 bits per heavy atom. The molecule has 0 aliphatic heterocycles. The second kappa shape index (κ2) is 9.79. The summed E-state index contributed by atoms with van der Waals surface area (Å²) in [7, 11) is -4.38. The first-order chi connectivity index (χ1) is 10.4. The first kappa shape index (κ1) is 18.9. The highest BCUT2D eigenvalue weighted by Gasteiger charge is 2.18. The van der Waals surface area contributed by atoms with Gasteiger partial charge < -0.3 is 4.42 Å². The third kappa shape index (κ3) is 7.22. The van der Waals surface area contributed by atoms with Crippen molar-refractivity contribution in [2.24, 2.45) is 0 Å². The number of furan rings is 1. The van der Waals surface area contributed by atoms with Gasteiger partial charge >= 0.3 is 10.1 Å². The highest BCUT2D eigenvalue weighted by atomic mass is 32.2. The maximum atomic E-state index is 11.8. The van der Waals surface area contributed by atoms with Gasteiger partial charge in [-0.3, -0.25) is 9.35 Å². The third-order valence-corrected chi connectivity index (χ3v) is 4.35. The molecule has 0 radical (unpaired) electrons. The monoisotopic (exact) mass is 330 g/mol. The van der Waals surface area contributed by atoms with Crippen molar-refractivity contribution in [3.8, 4) is 0 Å². The van der Waals surface area contributed by atoms with Gasteiger partial charge in [0.1, 0.15) is 0 Å². The maximum absolute atomic E-state index is 11.8. The smallest absolute Gasteiger partial charge is 0.328 e. The van der Waals surface area contributed by atoms with Crippen molar-refractivity contribution in [1.82, 2.24) is 0 Å². The van der Waals surface area contributed by atoms with Gasteiger partial charge in [0.2, 0.25) is 5.09 Å². The molecule has 0 bridgehead atoms. The fraction of sp³-hybridized carbons (Fsp3) is 0.688. The molecular formula is C16H26O5S. The molecule has 0 saturated carbocycles. The van der Waals surface area contributed by atoms with Crippen molar-refractivity contribution in [3.63, 3.8) is 0 Å². The molecule has 1 heterocycles. The Kier molecular flexibility index (Phi) is 8.42. The van der Waals surface area contributed by atoms with E-state index in [0.29, 0.717) is 6.42 Å². The SMILES string of the molecule is CCCCCCCCCCCC(=O)c1ccc(S(=O)(=O)O)o1. The molecular weight excluding hydrogens is 304 g/mol. The number of unbranched alkanes of at least 4 members (excludes halogenated alkanes) is 8. The molecule has 0 atom stereocenters. The topological polar surface area (TPSA) is 84.6 Å². The zero-order chi connectivity index (χ0) is 16.4.